The summed E-state index contributed by atoms with van der Waals surface area (Å²) in [7, 11) is -3.85. The number of allylic oxidation sites excluding steroid dienone is 1. The number of rotatable bonds is 4. The van der Waals surface area contributed by atoms with E-state index in [9.17, 15) is 8.42 Å². The van der Waals surface area contributed by atoms with Gasteiger partial charge in [0.05, 0.1) is 10.9 Å². The molecular formula is C32H26ClNO2S. The molecule has 4 aromatic rings. The molecule has 2 aliphatic heterocycles. The van der Waals surface area contributed by atoms with Gasteiger partial charge in [-0.2, -0.15) is 4.31 Å². The van der Waals surface area contributed by atoms with Crippen LogP contribution in [0.25, 0.3) is 11.1 Å². The summed E-state index contributed by atoms with van der Waals surface area (Å²) >= 11 is 6.60. The molecule has 0 unspecified atom stereocenters. The topological polar surface area (TPSA) is 37.4 Å². The van der Waals surface area contributed by atoms with Gasteiger partial charge < -0.3 is 0 Å². The van der Waals surface area contributed by atoms with Crippen molar-refractivity contribution in [3.8, 4) is 0 Å². The number of halogens is 1. The summed E-state index contributed by atoms with van der Waals surface area (Å²) in [5.41, 5.74) is 7.38. The second kappa shape index (κ2) is 8.16. The standard InChI is InChI=1S/C32H26ClNO2S/c1-2-3-13-24-23-14-7-8-15-27(23)32-28-16-9-10-17-29(28)37(35,36)34(32)31(21-11-5-4-6-12-21)26-20-22(33)18-19-25(26)30(24)32/h4-12,14-20,31H,2-3,13H2,1H3/t31-,32-/m1/s1. The molecule has 2 atom stereocenters. The molecule has 0 saturated carbocycles. The second-order valence-corrected chi connectivity index (χ2v) is 12.3. The molecule has 37 heavy (non-hydrogen) atoms. The molecule has 7 rings (SSSR count). The molecule has 184 valence electrons. The number of sulfonamides is 1. The highest BCUT2D eigenvalue weighted by atomic mass is 35.5. The van der Waals surface area contributed by atoms with Crippen LogP contribution in [0.5, 0.6) is 0 Å². The Hall–Kier alpha value is -3.18. The third-order valence-electron chi connectivity index (χ3n) is 8.16. The van der Waals surface area contributed by atoms with Gasteiger partial charge in [0.2, 0.25) is 10.0 Å². The quantitative estimate of drug-likeness (QED) is 0.273. The fraction of sp³-hybridized carbons (Fsp3) is 0.188. The Morgan fingerprint density at radius 2 is 1.54 bits per heavy atom. The lowest BCUT2D eigenvalue weighted by Gasteiger charge is -2.47. The lowest BCUT2D eigenvalue weighted by atomic mass is 9.70. The lowest BCUT2D eigenvalue weighted by Crippen LogP contribution is -2.50. The van der Waals surface area contributed by atoms with E-state index >= 15 is 0 Å². The number of benzene rings is 4. The van der Waals surface area contributed by atoms with Crippen LogP contribution in [0.15, 0.2) is 102 Å². The van der Waals surface area contributed by atoms with E-state index in [4.69, 9.17) is 11.6 Å². The van der Waals surface area contributed by atoms with E-state index < -0.39 is 21.6 Å². The summed E-state index contributed by atoms with van der Waals surface area (Å²) in [4.78, 5) is 0.388. The SMILES string of the molecule is CCCCC1=C2c3ccc(Cl)cc3[C@@H](c3ccccc3)N3[C@]2(c2ccccc21)c1ccccc1S3(=O)=O. The van der Waals surface area contributed by atoms with Crippen LogP contribution in [0.1, 0.15) is 65.6 Å². The molecular weight excluding hydrogens is 498 g/mol. The van der Waals surface area contributed by atoms with Gasteiger partial charge in [-0.25, -0.2) is 8.42 Å². The van der Waals surface area contributed by atoms with E-state index in [1.807, 2.05) is 66.7 Å². The Morgan fingerprint density at radius 3 is 2.32 bits per heavy atom. The predicted octanol–water partition coefficient (Wildman–Crippen LogP) is 7.81. The van der Waals surface area contributed by atoms with E-state index in [0.717, 1.165) is 58.2 Å². The van der Waals surface area contributed by atoms with Gasteiger partial charge in [0.15, 0.2) is 0 Å². The third-order valence-corrected chi connectivity index (χ3v) is 10.3. The minimum absolute atomic E-state index is 0.388. The fourth-order valence-corrected chi connectivity index (χ4v) is 9.12. The van der Waals surface area contributed by atoms with Crippen LogP contribution in [-0.2, 0) is 15.6 Å². The summed E-state index contributed by atoms with van der Waals surface area (Å²) in [5, 5.41) is 0.604. The van der Waals surface area contributed by atoms with Crippen molar-refractivity contribution >= 4 is 32.8 Å². The van der Waals surface area contributed by atoms with Gasteiger partial charge in [-0.1, -0.05) is 104 Å². The first kappa shape index (κ1) is 23.0. The van der Waals surface area contributed by atoms with E-state index in [1.165, 1.54) is 5.57 Å². The zero-order chi connectivity index (χ0) is 25.4. The lowest BCUT2D eigenvalue weighted by molar-refractivity contribution is 0.260. The Balaban J connectivity index is 1.71. The van der Waals surface area contributed by atoms with Gasteiger partial charge in [-0.3, -0.25) is 0 Å². The summed E-state index contributed by atoms with van der Waals surface area (Å²) in [5.74, 6) is 0. The normalized spacial score (nSPS) is 22.7. The van der Waals surface area contributed by atoms with Crippen molar-refractivity contribution in [2.24, 2.45) is 0 Å². The van der Waals surface area contributed by atoms with Crippen molar-refractivity contribution in [2.75, 3.05) is 0 Å². The fourth-order valence-electron chi connectivity index (χ4n) is 6.82. The molecule has 5 heteroatoms. The Kier molecular flexibility index (Phi) is 5.07. The van der Waals surface area contributed by atoms with Gasteiger partial charge in [0.1, 0.15) is 5.54 Å². The average molecular weight is 524 g/mol. The largest absolute Gasteiger partial charge is 0.245 e. The molecule has 0 aromatic heterocycles. The average Bonchev–Trinajstić information content (AvgIpc) is 3.33. The van der Waals surface area contributed by atoms with Gasteiger partial charge >= 0.3 is 0 Å². The maximum Gasteiger partial charge on any atom is 0.245 e. The van der Waals surface area contributed by atoms with Crippen LogP contribution in [-0.4, -0.2) is 12.7 Å². The first-order valence-corrected chi connectivity index (χ1v) is 14.7. The number of unbranched alkanes of at least 4 members (excludes halogenated alkanes) is 1. The molecule has 1 aliphatic carbocycles. The highest BCUT2D eigenvalue weighted by molar-refractivity contribution is 7.89. The van der Waals surface area contributed by atoms with Crippen LogP contribution < -0.4 is 0 Å². The van der Waals surface area contributed by atoms with Gasteiger partial charge in [-0.05, 0) is 70.0 Å². The monoisotopic (exact) mass is 523 g/mol. The Labute approximate surface area is 223 Å². The Bertz CT molecular complexity index is 1710. The van der Waals surface area contributed by atoms with Crippen molar-refractivity contribution in [1.82, 2.24) is 4.31 Å². The van der Waals surface area contributed by atoms with Crippen molar-refractivity contribution in [3.05, 3.63) is 135 Å². The Morgan fingerprint density at radius 1 is 0.838 bits per heavy atom. The number of nitrogens with zero attached hydrogens (tertiary/aromatic N) is 1. The molecule has 0 radical (unpaired) electrons. The molecule has 0 N–H and O–H groups in total. The number of hydrogen-bond donors (Lipinski definition) is 0. The molecule has 0 saturated heterocycles. The first-order valence-electron chi connectivity index (χ1n) is 12.8. The van der Waals surface area contributed by atoms with E-state index in [2.05, 4.69) is 31.2 Å². The molecule has 0 amide bonds. The van der Waals surface area contributed by atoms with E-state index in [0.29, 0.717) is 9.92 Å². The number of hydrogen-bond acceptors (Lipinski definition) is 2. The summed E-state index contributed by atoms with van der Waals surface area (Å²) in [6.07, 6.45) is 2.98. The summed E-state index contributed by atoms with van der Waals surface area (Å²) < 4.78 is 31.1. The van der Waals surface area contributed by atoms with Gasteiger partial charge in [-0.15, -0.1) is 0 Å². The third kappa shape index (κ3) is 2.89. The van der Waals surface area contributed by atoms with Crippen molar-refractivity contribution in [2.45, 2.75) is 42.7 Å². The molecule has 4 aromatic carbocycles. The molecule has 2 heterocycles. The minimum Gasteiger partial charge on any atom is -0.207 e. The molecule has 1 spiro atoms. The smallest absolute Gasteiger partial charge is 0.207 e. The number of fused-ring (bicyclic) bond motifs is 4. The van der Waals surface area contributed by atoms with Crippen molar-refractivity contribution < 1.29 is 8.42 Å². The second-order valence-electron chi connectivity index (χ2n) is 10.1. The van der Waals surface area contributed by atoms with Crippen molar-refractivity contribution in [3.63, 3.8) is 0 Å². The van der Waals surface area contributed by atoms with Crippen LogP contribution >= 0.6 is 11.6 Å². The zero-order valence-electron chi connectivity index (χ0n) is 20.5. The maximum atomic E-state index is 14.6. The van der Waals surface area contributed by atoms with Crippen molar-refractivity contribution in [1.29, 1.82) is 0 Å². The van der Waals surface area contributed by atoms with Gasteiger partial charge in [0.25, 0.3) is 0 Å². The molecule has 3 nitrogen and oxygen atoms in total. The van der Waals surface area contributed by atoms with Crippen LogP contribution in [0.3, 0.4) is 0 Å². The van der Waals surface area contributed by atoms with E-state index in [-0.39, 0.29) is 0 Å². The van der Waals surface area contributed by atoms with Crippen LogP contribution in [0.2, 0.25) is 5.02 Å². The minimum atomic E-state index is -3.85. The van der Waals surface area contributed by atoms with Crippen LogP contribution in [0.4, 0.5) is 0 Å². The van der Waals surface area contributed by atoms with E-state index in [1.54, 1.807) is 10.4 Å². The summed E-state index contributed by atoms with van der Waals surface area (Å²) in [6, 6.07) is 31.4. The molecule has 3 aliphatic rings. The predicted molar refractivity (Wildman–Crippen MR) is 149 cm³/mol. The highest BCUT2D eigenvalue weighted by Gasteiger charge is 2.65. The molecule has 0 fully saturated rings. The van der Waals surface area contributed by atoms with Gasteiger partial charge in [0, 0.05) is 10.6 Å². The van der Waals surface area contributed by atoms with Crippen LogP contribution in [0, 0.1) is 0 Å². The summed E-state index contributed by atoms with van der Waals surface area (Å²) in [6.45, 7) is 2.20. The first-order chi connectivity index (χ1) is 18.0. The molecule has 0 bridgehead atoms. The zero-order valence-corrected chi connectivity index (χ0v) is 22.1. The maximum absolute atomic E-state index is 14.6. The highest BCUT2D eigenvalue weighted by Crippen LogP contribution is 2.68.